The predicted molar refractivity (Wildman–Crippen MR) is 201 cm³/mol. The first kappa shape index (κ1) is 36.2. The van der Waals surface area contributed by atoms with E-state index in [9.17, 15) is 14.4 Å². The third-order valence-corrected chi connectivity index (χ3v) is 9.99. The number of amides is 3. The van der Waals surface area contributed by atoms with Gasteiger partial charge < -0.3 is 24.0 Å². The van der Waals surface area contributed by atoms with Crippen molar-refractivity contribution in [1.82, 2.24) is 37.8 Å². The molecule has 4 heterocycles. The van der Waals surface area contributed by atoms with Crippen molar-refractivity contribution in [3.05, 3.63) is 104 Å². The van der Waals surface area contributed by atoms with Crippen LogP contribution in [-0.4, -0.2) is 55.6 Å². The van der Waals surface area contributed by atoms with Gasteiger partial charge in [-0.3, -0.25) is 23.7 Å². The molecule has 0 saturated carbocycles. The molecule has 270 valence electrons. The van der Waals surface area contributed by atoms with Crippen LogP contribution >= 0.6 is 15.9 Å². The van der Waals surface area contributed by atoms with E-state index in [0.717, 1.165) is 43.6 Å². The molecule has 0 aliphatic rings. The maximum Gasteiger partial charge on any atom is 0.298 e. The molecule has 0 atom stereocenters. The lowest BCUT2D eigenvalue weighted by Gasteiger charge is -2.12. The molecule has 0 radical (unpaired) electrons. The summed E-state index contributed by atoms with van der Waals surface area (Å²) >= 11 is 3.70. The second-order valence-corrected chi connectivity index (χ2v) is 13.8. The third kappa shape index (κ3) is 6.51. The average molecular weight is 769 g/mol. The largest absolute Gasteiger partial charge is 0.366 e. The van der Waals surface area contributed by atoms with Gasteiger partial charge in [-0.15, -0.1) is 0 Å². The van der Waals surface area contributed by atoms with E-state index in [1.165, 1.54) is 0 Å². The SMILES string of the molecule is CCn1nc(C)cc1C(=O)/N=c1\n(C)c2cc(C(N)=O)ccc2n1C/C(C)=C(\C)Cn1/c(=N/C(=O)c2cc(C)nn2CC)n(C)c2c(Br)cccc21. The number of allylic oxidation sites excluding steroid dienone is 2. The normalized spacial score (nSPS) is 13.1. The van der Waals surface area contributed by atoms with Gasteiger partial charge in [0.1, 0.15) is 11.4 Å². The van der Waals surface area contributed by atoms with Crippen molar-refractivity contribution in [3.63, 3.8) is 0 Å². The molecule has 0 fully saturated rings. The van der Waals surface area contributed by atoms with E-state index in [-0.39, 0.29) is 5.91 Å². The summed E-state index contributed by atoms with van der Waals surface area (Å²) in [5.74, 6) is -1.36. The van der Waals surface area contributed by atoms with Crippen molar-refractivity contribution >= 4 is 55.7 Å². The van der Waals surface area contributed by atoms with Crippen molar-refractivity contribution in [3.8, 4) is 0 Å². The molecule has 0 aliphatic heterocycles. The first-order valence-corrected chi connectivity index (χ1v) is 17.8. The zero-order valence-corrected chi connectivity index (χ0v) is 32.2. The molecule has 4 aromatic heterocycles. The minimum absolute atomic E-state index is 0.350. The maximum atomic E-state index is 13.7. The van der Waals surface area contributed by atoms with Gasteiger partial charge in [0.25, 0.3) is 11.8 Å². The number of aryl methyl sites for hydroxylation is 6. The quantitative estimate of drug-likeness (QED) is 0.211. The number of benzene rings is 2. The summed E-state index contributed by atoms with van der Waals surface area (Å²) in [6, 6.07) is 14.6. The zero-order chi connectivity index (χ0) is 37.6. The number of imidazole rings is 2. The highest BCUT2D eigenvalue weighted by atomic mass is 79.9. The third-order valence-electron chi connectivity index (χ3n) is 9.35. The van der Waals surface area contributed by atoms with E-state index in [1.54, 1.807) is 38.2 Å². The van der Waals surface area contributed by atoms with Crippen LogP contribution in [0.1, 0.15) is 70.4 Å². The number of primary amides is 1. The highest BCUT2D eigenvalue weighted by Gasteiger charge is 2.20. The average Bonchev–Trinajstić information content (AvgIpc) is 3.83. The predicted octanol–water partition coefficient (Wildman–Crippen LogP) is 4.70. The molecule has 15 heteroatoms. The van der Waals surface area contributed by atoms with Gasteiger partial charge in [0.05, 0.1) is 33.5 Å². The van der Waals surface area contributed by atoms with Gasteiger partial charge in [0.15, 0.2) is 0 Å². The molecule has 0 spiro atoms. The van der Waals surface area contributed by atoms with Crippen molar-refractivity contribution in [2.24, 2.45) is 29.8 Å². The Bertz CT molecular complexity index is 2600. The summed E-state index contributed by atoms with van der Waals surface area (Å²) in [4.78, 5) is 48.7. The van der Waals surface area contributed by atoms with Gasteiger partial charge in [0, 0.05) is 50.3 Å². The van der Waals surface area contributed by atoms with E-state index in [1.807, 2.05) is 93.6 Å². The van der Waals surface area contributed by atoms with Gasteiger partial charge >= 0.3 is 0 Å². The molecule has 14 nitrogen and oxygen atoms in total. The fourth-order valence-electron chi connectivity index (χ4n) is 6.55. The second kappa shape index (κ2) is 14.2. The Hall–Kier alpha value is -5.57. The molecule has 0 saturated heterocycles. The minimum Gasteiger partial charge on any atom is -0.366 e. The number of nitrogens with two attached hydrogens (primary N) is 1. The van der Waals surface area contributed by atoms with Crippen LogP contribution in [-0.2, 0) is 40.3 Å². The summed E-state index contributed by atoms with van der Waals surface area (Å²) in [7, 11) is 3.71. The molecule has 0 unspecified atom stereocenters. The van der Waals surface area contributed by atoms with Gasteiger partial charge in [-0.1, -0.05) is 17.2 Å². The van der Waals surface area contributed by atoms with Crippen molar-refractivity contribution in [2.45, 2.75) is 67.7 Å². The monoisotopic (exact) mass is 767 g/mol. The molecule has 0 bridgehead atoms. The highest BCUT2D eigenvalue weighted by molar-refractivity contribution is 9.10. The molecule has 52 heavy (non-hydrogen) atoms. The number of rotatable bonds is 9. The molecule has 3 amide bonds. The van der Waals surface area contributed by atoms with E-state index in [0.29, 0.717) is 59.9 Å². The lowest BCUT2D eigenvalue weighted by molar-refractivity contribution is 0.0977. The van der Waals surface area contributed by atoms with E-state index >= 15 is 0 Å². The number of carbonyl (C=O) groups excluding carboxylic acids is 3. The summed E-state index contributed by atoms with van der Waals surface area (Å²) in [6.07, 6.45) is 0. The fourth-order valence-corrected chi connectivity index (χ4v) is 7.17. The first-order valence-electron chi connectivity index (χ1n) is 17.0. The Morgan fingerprint density at radius 2 is 1.25 bits per heavy atom. The molecular weight excluding hydrogens is 726 g/mol. The Labute approximate surface area is 308 Å². The van der Waals surface area contributed by atoms with Crippen LogP contribution in [0.2, 0.25) is 0 Å². The van der Waals surface area contributed by atoms with Crippen molar-refractivity contribution < 1.29 is 14.4 Å². The van der Waals surface area contributed by atoms with Gasteiger partial charge in [-0.25, -0.2) is 0 Å². The van der Waals surface area contributed by atoms with Crippen LogP contribution in [0, 0.1) is 13.8 Å². The van der Waals surface area contributed by atoms with Crippen LogP contribution in [0.3, 0.4) is 0 Å². The first-order chi connectivity index (χ1) is 24.7. The maximum absolute atomic E-state index is 13.7. The Morgan fingerprint density at radius 3 is 1.77 bits per heavy atom. The Balaban J connectivity index is 1.49. The number of fused-ring (bicyclic) bond motifs is 2. The lowest BCUT2D eigenvalue weighted by Crippen LogP contribution is -2.28. The van der Waals surface area contributed by atoms with Gasteiger partial charge in [0.2, 0.25) is 17.1 Å². The highest BCUT2D eigenvalue weighted by Crippen LogP contribution is 2.24. The fraction of sp³-hybridized carbons (Fsp3) is 0.324. The zero-order valence-electron chi connectivity index (χ0n) is 30.6. The van der Waals surface area contributed by atoms with Crippen LogP contribution in [0.25, 0.3) is 22.1 Å². The number of para-hydroxylation sites is 1. The van der Waals surface area contributed by atoms with Crippen LogP contribution in [0.15, 0.2) is 74.1 Å². The molecule has 0 aliphatic carbocycles. The standard InChI is InChI=1S/C37H42BrN11O3/c1-9-48-30(16-23(5)42-48)34(51)40-36-44(7)29-18-25(33(39)50)14-15-27(29)46(36)19-21(3)22(4)20-47-28-13-11-12-26(38)32(28)45(8)37(47)41-35(52)31-17-24(6)43-49(31)10-2/h11-18H,9-10,19-20H2,1-8H3,(H2,39,50)/b22-21+,40-36+,41-37+. The summed E-state index contributed by atoms with van der Waals surface area (Å²) in [6.45, 7) is 13.5. The summed E-state index contributed by atoms with van der Waals surface area (Å²) in [5.41, 5.74) is 14.5. The number of hydrogen-bond acceptors (Lipinski definition) is 5. The number of carbonyl (C=O) groups is 3. The summed E-state index contributed by atoms with van der Waals surface area (Å²) in [5, 5.41) is 8.87. The molecule has 6 rings (SSSR count). The Morgan fingerprint density at radius 1 is 0.731 bits per heavy atom. The van der Waals surface area contributed by atoms with Crippen LogP contribution < -0.4 is 17.0 Å². The minimum atomic E-state index is -0.550. The smallest absolute Gasteiger partial charge is 0.298 e. The Kier molecular flexibility index (Phi) is 9.90. The summed E-state index contributed by atoms with van der Waals surface area (Å²) < 4.78 is 11.9. The van der Waals surface area contributed by atoms with Crippen molar-refractivity contribution in [2.75, 3.05) is 0 Å². The van der Waals surface area contributed by atoms with Crippen molar-refractivity contribution in [1.29, 1.82) is 0 Å². The van der Waals surface area contributed by atoms with Crippen LogP contribution in [0.5, 0.6) is 0 Å². The second-order valence-electron chi connectivity index (χ2n) is 12.9. The topological polar surface area (TPSA) is 157 Å². The van der Waals surface area contributed by atoms with Gasteiger partial charge in [-0.2, -0.15) is 20.2 Å². The molecule has 2 aromatic carbocycles. The number of hydrogen-bond donors (Lipinski definition) is 1. The number of halogens is 1. The molecule has 2 N–H and O–H groups in total. The van der Waals surface area contributed by atoms with Gasteiger partial charge in [-0.05, 0) is 99.9 Å². The molecular formula is C37H42BrN11O3. The van der Waals surface area contributed by atoms with E-state index in [2.05, 4.69) is 36.1 Å². The number of aromatic nitrogens is 8. The lowest BCUT2D eigenvalue weighted by atomic mass is 10.1. The molecule has 6 aromatic rings. The van der Waals surface area contributed by atoms with E-state index in [4.69, 9.17) is 5.73 Å². The number of nitrogens with zero attached hydrogens (tertiary/aromatic N) is 10. The van der Waals surface area contributed by atoms with Crippen LogP contribution in [0.4, 0.5) is 0 Å². The van der Waals surface area contributed by atoms with E-state index < -0.39 is 11.8 Å².